The van der Waals surface area contributed by atoms with E-state index in [1.165, 1.54) is 12.1 Å². The molecule has 0 heterocycles. The number of rotatable bonds is 17. The Balaban J connectivity index is 1.49. The van der Waals surface area contributed by atoms with E-state index in [-0.39, 0.29) is 24.9 Å². The Hall–Kier alpha value is -3.95. The van der Waals surface area contributed by atoms with Crippen molar-refractivity contribution in [2.24, 2.45) is 0 Å². The number of carbonyl (C=O) groups is 2. The maximum absolute atomic E-state index is 13.1. The van der Waals surface area contributed by atoms with Crippen molar-refractivity contribution in [3.8, 4) is 5.75 Å². The number of hydrogen-bond donors (Lipinski definition) is 2. The van der Waals surface area contributed by atoms with Crippen molar-refractivity contribution in [1.29, 1.82) is 0 Å². The summed E-state index contributed by atoms with van der Waals surface area (Å²) in [6.07, 6.45) is 0.0882. The Morgan fingerprint density at radius 1 is 0.900 bits per heavy atom. The van der Waals surface area contributed by atoms with Crippen LogP contribution in [0.5, 0.6) is 5.75 Å². The fourth-order valence-electron chi connectivity index (χ4n) is 3.96. The topological polar surface area (TPSA) is 97.3 Å². The summed E-state index contributed by atoms with van der Waals surface area (Å²) in [6, 6.07) is 23.0. The van der Waals surface area contributed by atoms with E-state index < -0.39 is 12.1 Å². The second kappa shape index (κ2) is 16.9. The van der Waals surface area contributed by atoms with Crippen molar-refractivity contribution in [3.63, 3.8) is 0 Å². The molecule has 2 N–H and O–H groups in total. The van der Waals surface area contributed by atoms with E-state index >= 15 is 0 Å². The number of benzene rings is 3. The van der Waals surface area contributed by atoms with Crippen LogP contribution in [0.2, 0.25) is 0 Å². The van der Waals surface area contributed by atoms with Gasteiger partial charge in [-0.15, -0.1) is 0 Å². The molecule has 0 aromatic heterocycles. The number of hydrogen-bond acceptors (Lipinski definition) is 5. The highest BCUT2D eigenvalue weighted by molar-refractivity contribution is 5.74. The molecule has 0 bridgehead atoms. The predicted octanol–water partition coefficient (Wildman–Crippen LogP) is 4.71. The molecule has 214 valence electrons. The molecule has 3 aromatic rings. The van der Waals surface area contributed by atoms with Crippen LogP contribution < -0.4 is 10.1 Å². The zero-order valence-corrected chi connectivity index (χ0v) is 22.8. The molecular weight excluding hydrogens is 515 g/mol. The highest BCUT2D eigenvalue weighted by Gasteiger charge is 2.18. The lowest BCUT2D eigenvalue weighted by molar-refractivity contribution is -0.149. The maximum atomic E-state index is 13.1. The minimum absolute atomic E-state index is 0.212. The standard InChI is InChI=1S/C31H37FN2O6/c1-2-39-29(30(35)36)22-25-10-14-28(15-11-25)40-21-19-34(18-20-38-23-26-8-12-27(32)13-9-26)31(37)33-17-16-24-6-4-3-5-7-24/h3-15,29H,2,16-23H2,1H3,(H,33,37)(H,35,36). The number of halogens is 1. The van der Waals surface area contributed by atoms with Crippen LogP contribution in [0.3, 0.4) is 0 Å². The molecule has 0 aliphatic carbocycles. The summed E-state index contributed by atoms with van der Waals surface area (Å²) in [5.41, 5.74) is 2.81. The summed E-state index contributed by atoms with van der Waals surface area (Å²) < 4.78 is 30.0. The number of aliphatic carboxylic acids is 1. The molecule has 0 radical (unpaired) electrons. The monoisotopic (exact) mass is 552 g/mol. The van der Waals surface area contributed by atoms with Crippen LogP contribution in [0.25, 0.3) is 0 Å². The van der Waals surface area contributed by atoms with Gasteiger partial charge in [0.25, 0.3) is 0 Å². The lowest BCUT2D eigenvalue weighted by atomic mass is 10.1. The van der Waals surface area contributed by atoms with Gasteiger partial charge in [0.2, 0.25) is 0 Å². The molecule has 3 rings (SSSR count). The van der Waals surface area contributed by atoms with Gasteiger partial charge < -0.3 is 29.5 Å². The van der Waals surface area contributed by atoms with E-state index in [0.29, 0.717) is 45.2 Å². The van der Waals surface area contributed by atoms with Gasteiger partial charge in [-0.1, -0.05) is 54.6 Å². The molecule has 3 aromatic carbocycles. The molecule has 40 heavy (non-hydrogen) atoms. The van der Waals surface area contributed by atoms with E-state index in [0.717, 1.165) is 23.1 Å². The second-order valence-electron chi connectivity index (χ2n) is 9.11. The molecule has 8 nitrogen and oxygen atoms in total. The number of carboxylic acid groups (broad SMARTS) is 1. The van der Waals surface area contributed by atoms with Crippen molar-refractivity contribution in [2.45, 2.75) is 32.5 Å². The van der Waals surface area contributed by atoms with Gasteiger partial charge in [0.05, 0.1) is 19.8 Å². The SMILES string of the molecule is CCOC(Cc1ccc(OCCN(CCOCc2ccc(F)cc2)C(=O)NCCc2ccccc2)cc1)C(=O)O. The van der Waals surface area contributed by atoms with Gasteiger partial charge in [0.1, 0.15) is 18.2 Å². The first-order chi connectivity index (χ1) is 19.4. The summed E-state index contributed by atoms with van der Waals surface area (Å²) in [7, 11) is 0. The second-order valence-corrected chi connectivity index (χ2v) is 9.11. The Labute approximate surface area is 234 Å². The smallest absolute Gasteiger partial charge is 0.333 e. The lowest BCUT2D eigenvalue weighted by Crippen LogP contribution is -2.44. The van der Waals surface area contributed by atoms with Crippen molar-refractivity contribution < 1.29 is 33.3 Å². The van der Waals surface area contributed by atoms with Gasteiger partial charge in [-0.3, -0.25) is 0 Å². The van der Waals surface area contributed by atoms with Crippen LogP contribution in [0.1, 0.15) is 23.6 Å². The first-order valence-electron chi connectivity index (χ1n) is 13.4. The number of nitrogens with one attached hydrogen (secondary N) is 1. The number of urea groups is 1. The summed E-state index contributed by atoms with van der Waals surface area (Å²) in [5.74, 6) is -0.679. The molecule has 0 saturated carbocycles. The van der Waals surface area contributed by atoms with Gasteiger partial charge >= 0.3 is 12.0 Å². The van der Waals surface area contributed by atoms with Crippen LogP contribution in [0.4, 0.5) is 9.18 Å². The normalized spacial score (nSPS) is 11.6. The third-order valence-corrected chi connectivity index (χ3v) is 6.13. The Bertz CT molecular complexity index is 1160. The summed E-state index contributed by atoms with van der Waals surface area (Å²) in [6.45, 7) is 4.17. The summed E-state index contributed by atoms with van der Waals surface area (Å²) >= 11 is 0. The van der Waals surface area contributed by atoms with E-state index in [9.17, 15) is 19.1 Å². The minimum Gasteiger partial charge on any atom is -0.492 e. The van der Waals surface area contributed by atoms with E-state index in [2.05, 4.69) is 5.32 Å². The number of carboxylic acids is 1. The van der Waals surface area contributed by atoms with Crippen molar-refractivity contribution >= 4 is 12.0 Å². The van der Waals surface area contributed by atoms with Gasteiger partial charge in [-0.05, 0) is 54.3 Å². The Morgan fingerprint density at radius 2 is 1.57 bits per heavy atom. The minimum atomic E-state index is -0.994. The summed E-state index contributed by atoms with van der Waals surface area (Å²) in [5, 5.41) is 12.2. The number of carbonyl (C=O) groups excluding carboxylic acids is 1. The molecule has 0 fully saturated rings. The Kier molecular flexibility index (Phi) is 12.9. The molecule has 9 heteroatoms. The average molecular weight is 553 g/mol. The van der Waals surface area contributed by atoms with Crippen LogP contribution >= 0.6 is 0 Å². The predicted molar refractivity (Wildman–Crippen MR) is 150 cm³/mol. The number of amides is 2. The molecule has 1 unspecified atom stereocenters. The number of ether oxygens (including phenoxy) is 3. The molecule has 0 saturated heterocycles. The maximum Gasteiger partial charge on any atom is 0.333 e. The van der Waals surface area contributed by atoms with Gasteiger partial charge in [-0.2, -0.15) is 0 Å². The molecule has 0 spiro atoms. The molecule has 0 aliphatic heterocycles. The first kappa shape index (κ1) is 30.6. The van der Waals surface area contributed by atoms with Crippen LogP contribution in [-0.2, 0) is 33.7 Å². The van der Waals surface area contributed by atoms with Crippen LogP contribution in [-0.4, -0.2) is 67.6 Å². The fraction of sp³-hybridized carbons (Fsp3) is 0.355. The lowest BCUT2D eigenvalue weighted by Gasteiger charge is -2.23. The van der Waals surface area contributed by atoms with Crippen LogP contribution in [0, 0.1) is 5.82 Å². The largest absolute Gasteiger partial charge is 0.492 e. The van der Waals surface area contributed by atoms with E-state index in [1.807, 2.05) is 42.5 Å². The van der Waals surface area contributed by atoms with Crippen molar-refractivity contribution in [3.05, 3.63) is 101 Å². The van der Waals surface area contributed by atoms with Gasteiger partial charge in [0.15, 0.2) is 6.10 Å². The summed E-state index contributed by atoms with van der Waals surface area (Å²) in [4.78, 5) is 25.9. The third-order valence-electron chi connectivity index (χ3n) is 6.13. The third kappa shape index (κ3) is 11.0. The van der Waals surface area contributed by atoms with Crippen LogP contribution in [0.15, 0.2) is 78.9 Å². The first-order valence-corrected chi connectivity index (χ1v) is 13.4. The molecule has 2 amide bonds. The fourth-order valence-corrected chi connectivity index (χ4v) is 3.96. The number of nitrogens with zero attached hydrogens (tertiary/aromatic N) is 1. The average Bonchev–Trinajstić information content (AvgIpc) is 2.96. The van der Waals surface area contributed by atoms with E-state index in [1.54, 1.807) is 36.1 Å². The van der Waals surface area contributed by atoms with E-state index in [4.69, 9.17) is 14.2 Å². The zero-order chi connectivity index (χ0) is 28.6. The van der Waals surface area contributed by atoms with Gasteiger partial charge in [-0.25, -0.2) is 14.0 Å². The molecule has 0 aliphatic rings. The van der Waals surface area contributed by atoms with Crippen molar-refractivity contribution in [1.82, 2.24) is 10.2 Å². The highest BCUT2D eigenvalue weighted by atomic mass is 19.1. The van der Waals surface area contributed by atoms with Crippen molar-refractivity contribution in [2.75, 3.05) is 39.5 Å². The molecular formula is C31H37FN2O6. The zero-order valence-electron chi connectivity index (χ0n) is 22.8. The Morgan fingerprint density at radius 3 is 2.25 bits per heavy atom. The quantitative estimate of drug-likeness (QED) is 0.236. The highest BCUT2D eigenvalue weighted by Crippen LogP contribution is 2.15. The van der Waals surface area contributed by atoms with Gasteiger partial charge in [0, 0.05) is 26.1 Å². The molecule has 1 atom stereocenters.